The number of hydrogen-bond acceptors (Lipinski definition) is 6. The first-order valence-corrected chi connectivity index (χ1v) is 10.9. The zero-order valence-electron chi connectivity index (χ0n) is 18.2. The van der Waals surface area contributed by atoms with Gasteiger partial charge in [0.25, 0.3) is 0 Å². The molecular formula is C23H27N3O4S. The number of aryl methyl sites for hydroxylation is 2. The second-order valence-corrected chi connectivity index (χ2v) is 8.35. The predicted octanol–water partition coefficient (Wildman–Crippen LogP) is 3.92. The smallest absolute Gasteiger partial charge is 0.242 e. The van der Waals surface area contributed by atoms with Crippen molar-refractivity contribution in [3.8, 4) is 5.75 Å². The van der Waals surface area contributed by atoms with Crippen LogP contribution < -0.4 is 10.1 Å². The van der Waals surface area contributed by atoms with Crippen molar-refractivity contribution >= 4 is 40.1 Å². The molecular weight excluding hydrogens is 414 g/mol. The average Bonchev–Trinajstić information content (AvgIpc) is 3.03. The normalized spacial score (nSPS) is 17.3. The zero-order chi connectivity index (χ0) is 22.4. The number of nitrogens with zero attached hydrogens (tertiary/aromatic N) is 2. The lowest BCUT2D eigenvalue weighted by Crippen LogP contribution is -2.35. The molecule has 0 aliphatic carbocycles. The minimum atomic E-state index is -0.547. The van der Waals surface area contributed by atoms with E-state index in [1.54, 1.807) is 31.3 Å². The molecule has 3 rings (SSSR count). The lowest BCUT2D eigenvalue weighted by molar-refractivity contribution is -0.128. The Morgan fingerprint density at radius 2 is 1.84 bits per heavy atom. The van der Waals surface area contributed by atoms with Crippen LogP contribution in [0.3, 0.4) is 0 Å². The molecule has 2 aromatic carbocycles. The van der Waals surface area contributed by atoms with Crippen LogP contribution in [0.1, 0.15) is 17.5 Å². The summed E-state index contributed by atoms with van der Waals surface area (Å²) in [6.07, 6.45) is 0.0385. The van der Waals surface area contributed by atoms with Crippen LogP contribution >= 0.6 is 11.8 Å². The molecule has 0 radical (unpaired) electrons. The summed E-state index contributed by atoms with van der Waals surface area (Å²) in [5.41, 5.74) is 3.49. The quantitative estimate of drug-likeness (QED) is 0.672. The molecule has 1 aliphatic rings. The SMILES string of the molecule is COCCN1C(=O)C(CC(=O)Nc2ccccc2OC)SC1=Nc1c(C)cccc1C. The van der Waals surface area contributed by atoms with Gasteiger partial charge in [-0.05, 0) is 37.1 Å². The maximum absolute atomic E-state index is 13.1. The van der Waals surface area contributed by atoms with Crippen molar-refractivity contribution in [2.24, 2.45) is 4.99 Å². The number of ether oxygens (including phenoxy) is 2. The number of carbonyl (C=O) groups excluding carboxylic acids is 2. The van der Waals surface area contributed by atoms with E-state index in [0.29, 0.717) is 29.8 Å². The number of thioether (sulfide) groups is 1. The number of aliphatic imine (C=N–C) groups is 1. The van der Waals surface area contributed by atoms with Gasteiger partial charge in [-0.2, -0.15) is 0 Å². The van der Waals surface area contributed by atoms with Gasteiger partial charge in [0, 0.05) is 13.5 Å². The molecule has 7 nitrogen and oxygen atoms in total. The molecule has 1 unspecified atom stereocenters. The van der Waals surface area contributed by atoms with Gasteiger partial charge in [-0.3, -0.25) is 14.5 Å². The van der Waals surface area contributed by atoms with Gasteiger partial charge in [0.1, 0.15) is 11.0 Å². The second kappa shape index (κ2) is 10.5. The first-order valence-electron chi connectivity index (χ1n) is 9.99. The fraction of sp³-hybridized carbons (Fsp3) is 0.348. The van der Waals surface area contributed by atoms with Crippen LogP contribution in [-0.2, 0) is 14.3 Å². The van der Waals surface area contributed by atoms with E-state index in [2.05, 4.69) is 5.32 Å². The molecule has 0 spiro atoms. The summed E-state index contributed by atoms with van der Waals surface area (Å²) in [7, 11) is 3.14. The first-order chi connectivity index (χ1) is 14.9. The Labute approximate surface area is 186 Å². The van der Waals surface area contributed by atoms with E-state index in [4.69, 9.17) is 14.5 Å². The molecule has 1 atom stereocenters. The van der Waals surface area contributed by atoms with Gasteiger partial charge in [0.2, 0.25) is 11.8 Å². The highest BCUT2D eigenvalue weighted by molar-refractivity contribution is 8.15. The van der Waals surface area contributed by atoms with Gasteiger partial charge >= 0.3 is 0 Å². The fourth-order valence-corrected chi connectivity index (χ4v) is 4.48. The number of amides is 2. The topological polar surface area (TPSA) is 80.2 Å². The maximum Gasteiger partial charge on any atom is 0.242 e. The molecule has 8 heteroatoms. The fourth-order valence-electron chi connectivity index (χ4n) is 3.31. The highest BCUT2D eigenvalue weighted by Crippen LogP contribution is 2.34. The highest BCUT2D eigenvalue weighted by Gasteiger charge is 2.39. The van der Waals surface area contributed by atoms with E-state index < -0.39 is 5.25 Å². The molecule has 1 aliphatic heterocycles. The number of methoxy groups -OCH3 is 2. The molecule has 31 heavy (non-hydrogen) atoms. The van der Waals surface area contributed by atoms with E-state index in [1.807, 2.05) is 44.2 Å². The van der Waals surface area contributed by atoms with Crippen LogP contribution in [0, 0.1) is 13.8 Å². The largest absolute Gasteiger partial charge is 0.495 e. The van der Waals surface area contributed by atoms with Crippen LogP contribution in [0.5, 0.6) is 5.75 Å². The highest BCUT2D eigenvalue weighted by atomic mass is 32.2. The van der Waals surface area contributed by atoms with E-state index in [0.717, 1.165) is 16.8 Å². The third-order valence-electron chi connectivity index (χ3n) is 4.94. The van der Waals surface area contributed by atoms with Crippen LogP contribution in [0.15, 0.2) is 47.5 Å². The first kappa shape index (κ1) is 22.8. The number of benzene rings is 2. The molecule has 2 aromatic rings. The summed E-state index contributed by atoms with van der Waals surface area (Å²) >= 11 is 1.32. The van der Waals surface area contributed by atoms with Gasteiger partial charge in [-0.1, -0.05) is 42.1 Å². The Kier molecular flexibility index (Phi) is 7.70. The molecule has 0 aromatic heterocycles. The van der Waals surface area contributed by atoms with Gasteiger partial charge in [0.15, 0.2) is 5.17 Å². The van der Waals surface area contributed by atoms with Crippen molar-refractivity contribution in [3.63, 3.8) is 0 Å². The van der Waals surface area contributed by atoms with Crippen molar-refractivity contribution in [2.75, 3.05) is 32.7 Å². The number of anilines is 1. The van der Waals surface area contributed by atoms with Crippen molar-refractivity contribution in [1.29, 1.82) is 0 Å². The summed E-state index contributed by atoms with van der Waals surface area (Å²) in [4.78, 5) is 32.1. The minimum Gasteiger partial charge on any atom is -0.495 e. The zero-order valence-corrected chi connectivity index (χ0v) is 19.0. The summed E-state index contributed by atoms with van der Waals surface area (Å²) in [6.45, 7) is 4.76. The van der Waals surface area contributed by atoms with Crippen molar-refractivity contribution < 1.29 is 19.1 Å². The second-order valence-electron chi connectivity index (χ2n) is 7.18. The van der Waals surface area contributed by atoms with Crippen LogP contribution in [0.25, 0.3) is 0 Å². The predicted molar refractivity (Wildman–Crippen MR) is 124 cm³/mol. The Morgan fingerprint density at radius 3 is 2.52 bits per heavy atom. The van der Waals surface area contributed by atoms with Gasteiger partial charge in [-0.15, -0.1) is 0 Å². The van der Waals surface area contributed by atoms with E-state index >= 15 is 0 Å². The molecule has 164 valence electrons. The number of rotatable bonds is 8. The molecule has 1 heterocycles. The third kappa shape index (κ3) is 5.45. The van der Waals surface area contributed by atoms with Crippen molar-refractivity contribution in [2.45, 2.75) is 25.5 Å². The Morgan fingerprint density at radius 1 is 1.13 bits per heavy atom. The lowest BCUT2D eigenvalue weighted by Gasteiger charge is -2.16. The van der Waals surface area contributed by atoms with E-state index in [1.165, 1.54) is 11.8 Å². The molecule has 0 bridgehead atoms. The van der Waals surface area contributed by atoms with E-state index in [9.17, 15) is 9.59 Å². The number of nitrogens with one attached hydrogen (secondary N) is 1. The standard InChI is InChI=1S/C23H27N3O4S/c1-15-8-7-9-16(2)21(15)25-23-26(12-13-29-3)22(28)19(31-23)14-20(27)24-17-10-5-6-11-18(17)30-4/h5-11,19H,12-14H2,1-4H3,(H,24,27). The van der Waals surface area contributed by atoms with Gasteiger partial charge in [0.05, 0.1) is 31.6 Å². The number of para-hydroxylation sites is 3. The lowest BCUT2D eigenvalue weighted by atomic mass is 10.1. The Hall–Kier alpha value is -2.84. The summed E-state index contributed by atoms with van der Waals surface area (Å²) < 4.78 is 10.4. The van der Waals surface area contributed by atoms with Gasteiger partial charge in [-0.25, -0.2) is 4.99 Å². The summed E-state index contributed by atoms with van der Waals surface area (Å²) in [5.74, 6) is 0.179. The summed E-state index contributed by atoms with van der Waals surface area (Å²) in [5, 5.41) is 2.88. The maximum atomic E-state index is 13.1. The molecule has 1 N–H and O–H groups in total. The van der Waals surface area contributed by atoms with Crippen molar-refractivity contribution in [3.05, 3.63) is 53.6 Å². The average molecular weight is 442 g/mol. The third-order valence-corrected chi connectivity index (χ3v) is 6.11. The Balaban J connectivity index is 1.79. The molecule has 2 amide bonds. The minimum absolute atomic E-state index is 0.0385. The van der Waals surface area contributed by atoms with Crippen LogP contribution in [0.2, 0.25) is 0 Å². The molecule has 1 fully saturated rings. The van der Waals surface area contributed by atoms with Crippen LogP contribution in [0.4, 0.5) is 11.4 Å². The molecule has 0 saturated carbocycles. The summed E-state index contributed by atoms with van der Waals surface area (Å²) in [6, 6.07) is 13.1. The van der Waals surface area contributed by atoms with Crippen molar-refractivity contribution in [1.82, 2.24) is 4.90 Å². The van der Waals surface area contributed by atoms with Gasteiger partial charge < -0.3 is 14.8 Å². The monoisotopic (exact) mass is 441 g/mol. The Bertz CT molecular complexity index is 972. The molecule has 1 saturated heterocycles. The van der Waals surface area contributed by atoms with E-state index in [-0.39, 0.29) is 18.2 Å². The number of amidine groups is 1. The number of carbonyl (C=O) groups is 2. The van der Waals surface area contributed by atoms with Crippen LogP contribution in [-0.4, -0.2) is 54.5 Å². The number of hydrogen-bond donors (Lipinski definition) is 1.